The van der Waals surface area contributed by atoms with Crippen molar-refractivity contribution < 1.29 is 4.79 Å². The molecular weight excluding hydrogens is 320 g/mol. The fourth-order valence-corrected chi connectivity index (χ4v) is 3.17. The molecule has 0 saturated carbocycles. The van der Waals surface area contributed by atoms with E-state index in [1.54, 1.807) is 0 Å². The summed E-state index contributed by atoms with van der Waals surface area (Å²) in [5, 5.41) is 6.23. The van der Waals surface area contributed by atoms with Gasteiger partial charge in [0.15, 0.2) is 0 Å². The molecule has 0 fully saturated rings. The average molecular weight is 340 g/mol. The number of aryl methyl sites for hydroxylation is 3. The molecule has 26 heavy (non-hydrogen) atoms. The summed E-state index contributed by atoms with van der Waals surface area (Å²) >= 11 is 0. The Bertz CT molecular complexity index is 1160. The van der Waals surface area contributed by atoms with Crippen LogP contribution in [0.15, 0.2) is 60.7 Å². The molecular formula is C23H20N2O. The zero-order valence-electron chi connectivity index (χ0n) is 15.1. The molecule has 1 amide bonds. The van der Waals surface area contributed by atoms with Crippen molar-refractivity contribution in [1.29, 1.82) is 0 Å². The van der Waals surface area contributed by atoms with Crippen molar-refractivity contribution in [2.75, 3.05) is 5.32 Å². The van der Waals surface area contributed by atoms with E-state index in [9.17, 15) is 4.79 Å². The first kappa shape index (κ1) is 16.3. The lowest BCUT2D eigenvalue weighted by Gasteiger charge is -2.09. The van der Waals surface area contributed by atoms with Gasteiger partial charge in [-0.25, -0.2) is 0 Å². The maximum atomic E-state index is 12.7. The summed E-state index contributed by atoms with van der Waals surface area (Å²) in [7, 11) is 0. The van der Waals surface area contributed by atoms with Gasteiger partial charge in [-0.3, -0.25) is 9.78 Å². The fourth-order valence-electron chi connectivity index (χ4n) is 3.17. The number of nitrogens with zero attached hydrogens (tertiary/aromatic N) is 1. The predicted molar refractivity (Wildman–Crippen MR) is 108 cm³/mol. The molecule has 3 nitrogen and oxygen atoms in total. The Hall–Kier alpha value is -3.20. The van der Waals surface area contributed by atoms with Crippen molar-refractivity contribution in [3.8, 4) is 0 Å². The van der Waals surface area contributed by atoms with Gasteiger partial charge in [-0.1, -0.05) is 29.8 Å². The first-order chi connectivity index (χ1) is 12.5. The molecule has 3 heteroatoms. The highest BCUT2D eigenvalue weighted by Crippen LogP contribution is 2.22. The number of amides is 1. The third kappa shape index (κ3) is 3.04. The second-order valence-electron chi connectivity index (χ2n) is 6.82. The second kappa shape index (κ2) is 6.26. The van der Waals surface area contributed by atoms with Crippen LogP contribution in [0.4, 0.5) is 5.69 Å². The van der Waals surface area contributed by atoms with Gasteiger partial charge >= 0.3 is 0 Å². The van der Waals surface area contributed by atoms with E-state index >= 15 is 0 Å². The molecule has 1 heterocycles. The summed E-state index contributed by atoms with van der Waals surface area (Å²) in [5.41, 5.74) is 5.75. The predicted octanol–water partition coefficient (Wildman–Crippen LogP) is 5.57. The topological polar surface area (TPSA) is 42.0 Å². The minimum Gasteiger partial charge on any atom is -0.322 e. The molecule has 0 aliphatic heterocycles. The lowest BCUT2D eigenvalue weighted by atomic mass is 10.0. The van der Waals surface area contributed by atoms with Crippen LogP contribution in [0, 0.1) is 20.8 Å². The van der Waals surface area contributed by atoms with Crippen LogP contribution in [0.5, 0.6) is 0 Å². The summed E-state index contributed by atoms with van der Waals surface area (Å²) < 4.78 is 0. The third-order valence-electron chi connectivity index (χ3n) is 4.77. The van der Waals surface area contributed by atoms with E-state index in [-0.39, 0.29) is 5.91 Å². The number of rotatable bonds is 2. The van der Waals surface area contributed by atoms with Crippen LogP contribution in [-0.4, -0.2) is 10.9 Å². The largest absolute Gasteiger partial charge is 0.322 e. The Morgan fingerprint density at radius 3 is 2.42 bits per heavy atom. The summed E-state index contributed by atoms with van der Waals surface area (Å²) in [6.07, 6.45) is 0. The van der Waals surface area contributed by atoms with E-state index in [1.807, 2.05) is 56.3 Å². The highest BCUT2D eigenvalue weighted by atomic mass is 16.1. The molecule has 4 aromatic rings. The highest BCUT2D eigenvalue weighted by Gasteiger charge is 2.08. The zero-order chi connectivity index (χ0) is 18.3. The van der Waals surface area contributed by atoms with Crippen molar-refractivity contribution in [1.82, 2.24) is 4.98 Å². The number of hydrogen-bond acceptors (Lipinski definition) is 2. The molecule has 0 spiro atoms. The SMILES string of the molecule is Cc1ccc2cc(C(=O)Nc3ccc4nc(C)c(C)cc4c3)ccc2c1. The normalized spacial score (nSPS) is 11.0. The molecule has 128 valence electrons. The second-order valence-corrected chi connectivity index (χ2v) is 6.82. The summed E-state index contributed by atoms with van der Waals surface area (Å²) in [4.78, 5) is 17.2. The molecule has 0 atom stereocenters. The summed E-state index contributed by atoms with van der Waals surface area (Å²) in [6, 6.07) is 19.9. The van der Waals surface area contributed by atoms with E-state index in [0.717, 1.165) is 38.6 Å². The smallest absolute Gasteiger partial charge is 0.255 e. The Labute approximate surface area is 152 Å². The molecule has 0 radical (unpaired) electrons. The van der Waals surface area contributed by atoms with Gasteiger partial charge in [-0.05, 0) is 73.5 Å². The van der Waals surface area contributed by atoms with Gasteiger partial charge in [0.2, 0.25) is 0 Å². The van der Waals surface area contributed by atoms with Crippen LogP contribution in [0.2, 0.25) is 0 Å². The van der Waals surface area contributed by atoms with Gasteiger partial charge < -0.3 is 5.32 Å². The number of hydrogen-bond donors (Lipinski definition) is 1. The minimum atomic E-state index is -0.108. The first-order valence-electron chi connectivity index (χ1n) is 8.69. The lowest BCUT2D eigenvalue weighted by Crippen LogP contribution is -2.11. The van der Waals surface area contributed by atoms with E-state index in [1.165, 1.54) is 5.56 Å². The summed E-state index contributed by atoms with van der Waals surface area (Å²) in [6.45, 7) is 6.12. The number of carbonyl (C=O) groups excluding carboxylic acids is 1. The molecule has 1 aromatic heterocycles. The van der Waals surface area contributed by atoms with Crippen molar-refractivity contribution in [3.05, 3.63) is 83.0 Å². The zero-order valence-corrected chi connectivity index (χ0v) is 15.1. The molecule has 0 aliphatic carbocycles. The molecule has 4 rings (SSSR count). The van der Waals surface area contributed by atoms with Crippen molar-refractivity contribution in [2.45, 2.75) is 20.8 Å². The van der Waals surface area contributed by atoms with Crippen molar-refractivity contribution in [2.24, 2.45) is 0 Å². The van der Waals surface area contributed by atoms with Crippen LogP contribution in [-0.2, 0) is 0 Å². The Morgan fingerprint density at radius 2 is 1.58 bits per heavy atom. The number of anilines is 1. The van der Waals surface area contributed by atoms with E-state index in [0.29, 0.717) is 5.56 Å². The standard InChI is InChI=1S/C23H20N2O/c1-14-4-5-18-12-19(7-6-17(18)10-14)23(26)25-21-8-9-22-20(13-21)11-15(2)16(3)24-22/h4-13H,1-3H3,(H,25,26). The van der Waals surface area contributed by atoms with Crippen LogP contribution in [0.25, 0.3) is 21.7 Å². The number of benzene rings is 3. The minimum absolute atomic E-state index is 0.108. The van der Waals surface area contributed by atoms with Crippen molar-refractivity contribution in [3.63, 3.8) is 0 Å². The van der Waals surface area contributed by atoms with Gasteiger partial charge in [0.05, 0.1) is 5.52 Å². The maximum absolute atomic E-state index is 12.7. The molecule has 0 aliphatic rings. The van der Waals surface area contributed by atoms with E-state index in [4.69, 9.17) is 0 Å². The number of fused-ring (bicyclic) bond motifs is 2. The Kier molecular flexibility index (Phi) is 3.92. The summed E-state index contributed by atoms with van der Waals surface area (Å²) in [5.74, 6) is -0.108. The molecule has 3 aromatic carbocycles. The molecule has 0 bridgehead atoms. The lowest BCUT2D eigenvalue weighted by molar-refractivity contribution is 0.102. The van der Waals surface area contributed by atoms with E-state index in [2.05, 4.69) is 35.4 Å². The highest BCUT2D eigenvalue weighted by molar-refractivity contribution is 6.07. The van der Waals surface area contributed by atoms with Crippen molar-refractivity contribution >= 4 is 33.3 Å². The Balaban J connectivity index is 1.64. The number of nitrogens with one attached hydrogen (secondary N) is 1. The fraction of sp³-hybridized carbons (Fsp3) is 0.130. The molecule has 0 unspecified atom stereocenters. The van der Waals surface area contributed by atoms with Gasteiger partial charge in [0.1, 0.15) is 0 Å². The average Bonchev–Trinajstić information content (AvgIpc) is 2.62. The first-order valence-corrected chi connectivity index (χ1v) is 8.69. The molecule has 1 N–H and O–H groups in total. The van der Waals surface area contributed by atoms with Crippen LogP contribution < -0.4 is 5.32 Å². The van der Waals surface area contributed by atoms with Crippen LogP contribution >= 0.6 is 0 Å². The number of carbonyl (C=O) groups is 1. The van der Waals surface area contributed by atoms with Crippen LogP contribution in [0.1, 0.15) is 27.2 Å². The van der Waals surface area contributed by atoms with Crippen LogP contribution in [0.3, 0.4) is 0 Å². The maximum Gasteiger partial charge on any atom is 0.255 e. The van der Waals surface area contributed by atoms with Gasteiger partial charge in [0.25, 0.3) is 5.91 Å². The quantitative estimate of drug-likeness (QED) is 0.518. The molecule has 0 saturated heterocycles. The number of aromatic nitrogens is 1. The Morgan fingerprint density at radius 1 is 0.808 bits per heavy atom. The van der Waals surface area contributed by atoms with E-state index < -0.39 is 0 Å². The monoisotopic (exact) mass is 340 g/mol. The third-order valence-corrected chi connectivity index (χ3v) is 4.77. The van der Waals surface area contributed by atoms with Gasteiger partial charge in [0, 0.05) is 22.3 Å². The van der Waals surface area contributed by atoms with Gasteiger partial charge in [-0.15, -0.1) is 0 Å². The van der Waals surface area contributed by atoms with Gasteiger partial charge in [-0.2, -0.15) is 0 Å². The number of pyridine rings is 1.